The van der Waals surface area contributed by atoms with Crippen LogP contribution in [0.15, 0.2) is 75.0 Å². The Hall–Kier alpha value is -3.10. The van der Waals surface area contributed by atoms with Gasteiger partial charge in [0.1, 0.15) is 12.4 Å². The second kappa shape index (κ2) is 10.9. The van der Waals surface area contributed by atoms with Gasteiger partial charge in [-0.25, -0.2) is 9.38 Å². The number of ether oxygens (including phenoxy) is 2. The Labute approximate surface area is 210 Å². The largest absolute Gasteiger partial charge is 0.493 e. The van der Waals surface area contributed by atoms with Crippen molar-refractivity contribution in [1.82, 2.24) is 5.32 Å². The molecule has 174 valence electrons. The lowest BCUT2D eigenvalue weighted by Crippen LogP contribution is -2.19. The fourth-order valence-electron chi connectivity index (χ4n) is 3.22. The van der Waals surface area contributed by atoms with Crippen molar-refractivity contribution < 1.29 is 18.7 Å². The smallest absolute Gasteiger partial charge is 0.264 e. The Kier molecular flexibility index (Phi) is 7.70. The van der Waals surface area contributed by atoms with Crippen molar-refractivity contribution in [2.24, 2.45) is 4.99 Å². The molecule has 0 atom stereocenters. The number of aliphatic imine (C=N–C) groups is 1. The molecule has 1 N–H and O–H groups in total. The predicted octanol–water partition coefficient (Wildman–Crippen LogP) is 6.63. The molecule has 0 spiro atoms. The third-order valence-electron chi connectivity index (χ3n) is 5.10. The molecule has 8 heteroatoms. The first-order chi connectivity index (χ1) is 16.4. The van der Waals surface area contributed by atoms with Crippen LogP contribution >= 0.6 is 27.7 Å². The Balaban J connectivity index is 1.51. The average molecular weight is 541 g/mol. The molecule has 1 heterocycles. The maximum absolute atomic E-state index is 13.1. The van der Waals surface area contributed by atoms with E-state index in [1.54, 1.807) is 37.5 Å². The van der Waals surface area contributed by atoms with Gasteiger partial charge in [-0.2, -0.15) is 0 Å². The van der Waals surface area contributed by atoms with Crippen LogP contribution in [0.3, 0.4) is 0 Å². The highest BCUT2D eigenvalue weighted by molar-refractivity contribution is 9.10. The van der Waals surface area contributed by atoms with Crippen molar-refractivity contribution >= 4 is 50.5 Å². The predicted molar refractivity (Wildman–Crippen MR) is 138 cm³/mol. The Morgan fingerprint density at radius 2 is 1.76 bits per heavy atom. The molecule has 1 aliphatic rings. The molecule has 4 rings (SSSR count). The van der Waals surface area contributed by atoms with E-state index >= 15 is 0 Å². The molecule has 0 aromatic heterocycles. The van der Waals surface area contributed by atoms with Gasteiger partial charge in [-0.1, -0.05) is 47.1 Å². The number of nitrogens with zero attached hydrogens (tertiary/aromatic N) is 1. The van der Waals surface area contributed by atoms with Gasteiger partial charge >= 0.3 is 0 Å². The number of hydrogen-bond donors (Lipinski definition) is 1. The van der Waals surface area contributed by atoms with E-state index in [0.29, 0.717) is 21.6 Å². The zero-order valence-corrected chi connectivity index (χ0v) is 21.0. The number of halogens is 2. The summed E-state index contributed by atoms with van der Waals surface area (Å²) >= 11 is 4.84. The fraction of sp³-hybridized carbons (Fsp3) is 0.154. The molecule has 5 nitrogen and oxygen atoms in total. The molecule has 0 unspecified atom stereocenters. The van der Waals surface area contributed by atoms with Gasteiger partial charge in [0, 0.05) is 4.47 Å². The first-order valence-electron chi connectivity index (χ1n) is 10.6. The number of amides is 1. The number of aryl methyl sites for hydroxylation is 1. The van der Waals surface area contributed by atoms with Crippen molar-refractivity contribution in [3.8, 4) is 11.5 Å². The molecular formula is C26H22BrFN2O3S. The molecule has 3 aromatic rings. The van der Waals surface area contributed by atoms with E-state index < -0.39 is 0 Å². The molecule has 1 fully saturated rings. The maximum atomic E-state index is 13.1. The van der Waals surface area contributed by atoms with Gasteiger partial charge in [-0.05, 0) is 77.3 Å². The van der Waals surface area contributed by atoms with Crippen LogP contribution in [0.1, 0.15) is 23.6 Å². The normalized spacial score (nSPS) is 15.6. The van der Waals surface area contributed by atoms with Crippen LogP contribution in [0, 0.1) is 5.82 Å². The zero-order chi connectivity index (χ0) is 24.1. The third kappa shape index (κ3) is 5.87. The molecule has 1 aliphatic heterocycles. The molecule has 0 saturated carbocycles. The molecule has 0 radical (unpaired) electrons. The van der Waals surface area contributed by atoms with Gasteiger partial charge in [0.05, 0.1) is 17.7 Å². The van der Waals surface area contributed by atoms with E-state index in [4.69, 9.17) is 9.47 Å². The van der Waals surface area contributed by atoms with Gasteiger partial charge in [0.15, 0.2) is 16.7 Å². The Morgan fingerprint density at radius 3 is 2.44 bits per heavy atom. The van der Waals surface area contributed by atoms with E-state index in [-0.39, 0.29) is 18.3 Å². The van der Waals surface area contributed by atoms with Gasteiger partial charge < -0.3 is 14.8 Å². The number of hydrogen-bond acceptors (Lipinski definition) is 5. The van der Waals surface area contributed by atoms with Crippen LogP contribution in [0.2, 0.25) is 0 Å². The Bertz CT molecular complexity index is 1260. The molecular weight excluding hydrogens is 519 g/mol. The van der Waals surface area contributed by atoms with Crippen molar-refractivity contribution in [2.75, 3.05) is 7.11 Å². The molecule has 0 aliphatic carbocycles. The SMILES string of the molecule is CCc1ccc(N=C2NC(=O)/C(=C/c3cc(OC)c(OCc4ccc(F)cc4)cc3Br)S2)cc1. The lowest BCUT2D eigenvalue weighted by atomic mass is 10.1. The second-order valence-corrected chi connectivity index (χ2v) is 9.33. The first kappa shape index (κ1) is 24.0. The van der Waals surface area contributed by atoms with Gasteiger partial charge in [0.2, 0.25) is 0 Å². The van der Waals surface area contributed by atoms with E-state index in [2.05, 4.69) is 33.2 Å². The van der Waals surface area contributed by atoms with E-state index in [1.807, 2.05) is 24.3 Å². The highest BCUT2D eigenvalue weighted by Crippen LogP contribution is 2.37. The minimum absolute atomic E-state index is 0.212. The van der Waals surface area contributed by atoms with Crippen molar-refractivity contribution in [3.63, 3.8) is 0 Å². The molecule has 1 amide bonds. The molecule has 0 bridgehead atoms. The number of nitrogens with one attached hydrogen (secondary N) is 1. The molecule has 1 saturated heterocycles. The highest BCUT2D eigenvalue weighted by Gasteiger charge is 2.24. The summed E-state index contributed by atoms with van der Waals surface area (Å²) < 4.78 is 25.2. The van der Waals surface area contributed by atoms with Crippen LogP contribution in [0.5, 0.6) is 11.5 Å². The summed E-state index contributed by atoms with van der Waals surface area (Å²) in [6, 6.07) is 17.6. The van der Waals surface area contributed by atoms with Gasteiger partial charge in [0.25, 0.3) is 5.91 Å². The van der Waals surface area contributed by atoms with Gasteiger partial charge in [-0.3, -0.25) is 4.79 Å². The minimum atomic E-state index is -0.294. The topological polar surface area (TPSA) is 59.9 Å². The number of benzene rings is 3. The van der Waals surface area contributed by atoms with Crippen LogP contribution < -0.4 is 14.8 Å². The number of rotatable bonds is 7. The number of methoxy groups -OCH3 is 1. The number of thioether (sulfide) groups is 1. The van der Waals surface area contributed by atoms with E-state index in [0.717, 1.165) is 27.7 Å². The minimum Gasteiger partial charge on any atom is -0.493 e. The summed E-state index contributed by atoms with van der Waals surface area (Å²) in [5.74, 6) is 0.543. The molecule has 34 heavy (non-hydrogen) atoms. The van der Waals surface area contributed by atoms with Crippen molar-refractivity contribution in [1.29, 1.82) is 0 Å². The van der Waals surface area contributed by atoms with E-state index in [1.165, 1.54) is 29.5 Å². The standard InChI is InChI=1S/C26H22BrFN2O3S/c1-3-16-6-10-20(11-7-16)29-26-30-25(31)24(34-26)13-18-12-22(32-2)23(14-21(18)27)33-15-17-4-8-19(28)9-5-17/h4-14H,3,15H2,1-2H3,(H,29,30,31)/b24-13-. The van der Waals surface area contributed by atoms with E-state index in [9.17, 15) is 9.18 Å². The summed E-state index contributed by atoms with van der Waals surface area (Å²) in [5, 5.41) is 3.34. The highest BCUT2D eigenvalue weighted by atomic mass is 79.9. The Morgan fingerprint density at radius 1 is 1.06 bits per heavy atom. The van der Waals surface area contributed by atoms with Crippen molar-refractivity contribution in [3.05, 3.63) is 92.5 Å². The second-order valence-electron chi connectivity index (χ2n) is 7.44. The van der Waals surface area contributed by atoms with Crippen LogP contribution in [-0.4, -0.2) is 18.2 Å². The number of carbonyl (C=O) groups is 1. The fourth-order valence-corrected chi connectivity index (χ4v) is 4.49. The number of amidine groups is 1. The van der Waals surface area contributed by atoms with Gasteiger partial charge in [-0.15, -0.1) is 0 Å². The summed E-state index contributed by atoms with van der Waals surface area (Å²) in [5.41, 5.74) is 3.61. The van der Waals surface area contributed by atoms with Crippen molar-refractivity contribution in [2.45, 2.75) is 20.0 Å². The summed E-state index contributed by atoms with van der Waals surface area (Å²) in [7, 11) is 1.55. The quantitative estimate of drug-likeness (QED) is 0.341. The lowest BCUT2D eigenvalue weighted by Gasteiger charge is -2.13. The average Bonchev–Trinajstić information content (AvgIpc) is 3.18. The van der Waals surface area contributed by atoms with Crippen LogP contribution in [0.4, 0.5) is 10.1 Å². The van der Waals surface area contributed by atoms with Crippen LogP contribution in [-0.2, 0) is 17.8 Å². The summed E-state index contributed by atoms with van der Waals surface area (Å²) in [6.45, 7) is 2.36. The number of carbonyl (C=O) groups excluding carboxylic acids is 1. The monoisotopic (exact) mass is 540 g/mol. The summed E-state index contributed by atoms with van der Waals surface area (Å²) in [6.07, 6.45) is 2.74. The third-order valence-corrected chi connectivity index (χ3v) is 6.70. The zero-order valence-electron chi connectivity index (χ0n) is 18.6. The summed E-state index contributed by atoms with van der Waals surface area (Å²) in [4.78, 5) is 17.6. The maximum Gasteiger partial charge on any atom is 0.264 e. The first-order valence-corrected chi connectivity index (χ1v) is 12.2. The lowest BCUT2D eigenvalue weighted by molar-refractivity contribution is -0.115. The van der Waals surface area contributed by atoms with Crippen LogP contribution in [0.25, 0.3) is 6.08 Å². The molecule has 3 aromatic carbocycles.